The van der Waals surface area contributed by atoms with Crippen molar-refractivity contribution in [3.05, 3.63) is 36.3 Å². The number of ether oxygens (including phenoxy) is 1. The van der Waals surface area contributed by atoms with Crippen LogP contribution in [0, 0.1) is 6.92 Å². The van der Waals surface area contributed by atoms with Gasteiger partial charge in [-0.2, -0.15) is 4.98 Å². The number of nitrogens with zero attached hydrogens (tertiary/aromatic N) is 4. The van der Waals surface area contributed by atoms with Gasteiger partial charge >= 0.3 is 0 Å². The summed E-state index contributed by atoms with van der Waals surface area (Å²) in [5.41, 5.74) is 2.01. The summed E-state index contributed by atoms with van der Waals surface area (Å²) >= 11 is 0. The Morgan fingerprint density at radius 2 is 2.09 bits per heavy atom. The van der Waals surface area contributed by atoms with Crippen LogP contribution in [0.25, 0.3) is 0 Å². The lowest BCUT2D eigenvalue weighted by Crippen LogP contribution is -2.40. The van der Waals surface area contributed by atoms with E-state index >= 15 is 0 Å². The SMILES string of the molecule is COc1cc(C)nc(N2CCC(Nc3cccnc3)CC2)n1. The fourth-order valence-electron chi connectivity index (χ4n) is 2.68. The minimum absolute atomic E-state index is 0.465. The Hall–Kier alpha value is -2.37. The van der Waals surface area contributed by atoms with Gasteiger partial charge in [-0.05, 0) is 31.9 Å². The van der Waals surface area contributed by atoms with Crippen LogP contribution in [-0.4, -0.2) is 41.2 Å². The van der Waals surface area contributed by atoms with Crippen LogP contribution in [0.1, 0.15) is 18.5 Å². The molecule has 0 radical (unpaired) electrons. The zero-order valence-electron chi connectivity index (χ0n) is 13.0. The van der Waals surface area contributed by atoms with E-state index in [1.54, 1.807) is 13.3 Å². The Kier molecular flexibility index (Phi) is 4.37. The van der Waals surface area contributed by atoms with E-state index in [9.17, 15) is 0 Å². The number of hydrogen-bond donors (Lipinski definition) is 1. The van der Waals surface area contributed by atoms with Crippen molar-refractivity contribution in [3.8, 4) is 5.88 Å². The average Bonchev–Trinajstić information content (AvgIpc) is 2.56. The Morgan fingerprint density at radius 1 is 1.27 bits per heavy atom. The maximum Gasteiger partial charge on any atom is 0.228 e. The molecule has 1 fully saturated rings. The van der Waals surface area contributed by atoms with Crippen LogP contribution in [0.15, 0.2) is 30.6 Å². The third kappa shape index (κ3) is 3.44. The second-order valence-electron chi connectivity index (χ2n) is 5.50. The summed E-state index contributed by atoms with van der Waals surface area (Å²) in [5.74, 6) is 1.38. The Labute approximate surface area is 130 Å². The second-order valence-corrected chi connectivity index (χ2v) is 5.50. The van der Waals surface area contributed by atoms with Gasteiger partial charge in [0.25, 0.3) is 0 Å². The fraction of sp³-hybridized carbons (Fsp3) is 0.438. The molecule has 0 aromatic carbocycles. The van der Waals surface area contributed by atoms with Gasteiger partial charge in [0.1, 0.15) is 0 Å². The Balaban J connectivity index is 1.61. The van der Waals surface area contributed by atoms with Crippen molar-refractivity contribution in [2.45, 2.75) is 25.8 Å². The van der Waals surface area contributed by atoms with Crippen LogP contribution in [0.4, 0.5) is 11.6 Å². The third-order valence-electron chi connectivity index (χ3n) is 3.84. The highest BCUT2D eigenvalue weighted by Gasteiger charge is 2.21. The molecule has 6 nitrogen and oxygen atoms in total. The molecule has 3 rings (SSSR count). The Morgan fingerprint density at radius 3 is 2.77 bits per heavy atom. The molecule has 116 valence electrons. The first-order chi connectivity index (χ1) is 10.7. The lowest BCUT2D eigenvalue weighted by atomic mass is 10.1. The molecule has 22 heavy (non-hydrogen) atoms. The fourth-order valence-corrected chi connectivity index (χ4v) is 2.68. The van der Waals surface area contributed by atoms with Crippen LogP contribution in [0.2, 0.25) is 0 Å². The average molecular weight is 299 g/mol. The van der Waals surface area contributed by atoms with Gasteiger partial charge in [0.05, 0.1) is 12.8 Å². The van der Waals surface area contributed by atoms with E-state index < -0.39 is 0 Å². The van der Waals surface area contributed by atoms with Gasteiger partial charge in [-0.1, -0.05) is 0 Å². The number of methoxy groups -OCH3 is 1. The van der Waals surface area contributed by atoms with Crippen LogP contribution in [0.5, 0.6) is 5.88 Å². The molecule has 0 aliphatic carbocycles. The van der Waals surface area contributed by atoms with Crippen molar-refractivity contribution < 1.29 is 4.74 Å². The molecule has 1 saturated heterocycles. The summed E-state index contributed by atoms with van der Waals surface area (Å²) in [6.07, 6.45) is 5.75. The van der Waals surface area contributed by atoms with E-state index in [4.69, 9.17) is 4.74 Å². The standard InChI is InChI=1S/C16H21N5O/c1-12-10-15(22-2)20-16(18-12)21-8-5-13(6-9-21)19-14-4-3-7-17-11-14/h3-4,7,10-11,13,19H,5-6,8-9H2,1-2H3. The summed E-state index contributed by atoms with van der Waals surface area (Å²) in [7, 11) is 1.63. The van der Waals surface area contributed by atoms with E-state index in [0.717, 1.165) is 43.3 Å². The monoisotopic (exact) mass is 299 g/mol. The van der Waals surface area contributed by atoms with Crippen LogP contribution >= 0.6 is 0 Å². The lowest BCUT2D eigenvalue weighted by Gasteiger charge is -2.33. The molecule has 1 aliphatic heterocycles. The highest BCUT2D eigenvalue weighted by molar-refractivity contribution is 5.42. The lowest BCUT2D eigenvalue weighted by molar-refractivity contribution is 0.395. The minimum Gasteiger partial charge on any atom is -0.481 e. The third-order valence-corrected chi connectivity index (χ3v) is 3.84. The molecule has 0 amide bonds. The predicted molar refractivity (Wildman–Crippen MR) is 86.4 cm³/mol. The molecule has 1 aliphatic rings. The number of rotatable bonds is 4. The number of pyridine rings is 1. The molecule has 1 N–H and O–H groups in total. The molecule has 0 saturated carbocycles. The van der Waals surface area contributed by atoms with Gasteiger partial charge in [0.2, 0.25) is 11.8 Å². The molecule has 0 atom stereocenters. The molecular weight excluding hydrogens is 278 g/mol. The van der Waals surface area contributed by atoms with Gasteiger partial charge in [0, 0.05) is 43.3 Å². The van der Waals surface area contributed by atoms with Crippen LogP contribution in [-0.2, 0) is 0 Å². The molecule has 2 aromatic rings. The number of aryl methyl sites for hydroxylation is 1. The molecule has 6 heteroatoms. The summed E-state index contributed by atoms with van der Waals surface area (Å²) in [4.78, 5) is 15.3. The first-order valence-electron chi connectivity index (χ1n) is 7.56. The first-order valence-corrected chi connectivity index (χ1v) is 7.56. The van der Waals surface area contributed by atoms with Crippen LogP contribution < -0.4 is 15.0 Å². The molecule has 0 spiro atoms. The van der Waals surface area contributed by atoms with Crippen molar-refractivity contribution in [2.75, 3.05) is 30.4 Å². The normalized spacial score (nSPS) is 15.6. The zero-order chi connectivity index (χ0) is 15.4. The van der Waals surface area contributed by atoms with Crippen molar-refractivity contribution in [1.82, 2.24) is 15.0 Å². The number of anilines is 2. The maximum absolute atomic E-state index is 5.23. The van der Waals surface area contributed by atoms with Crippen molar-refractivity contribution in [2.24, 2.45) is 0 Å². The zero-order valence-corrected chi connectivity index (χ0v) is 13.0. The highest BCUT2D eigenvalue weighted by atomic mass is 16.5. The minimum atomic E-state index is 0.465. The topological polar surface area (TPSA) is 63.2 Å². The number of nitrogens with one attached hydrogen (secondary N) is 1. The van der Waals surface area contributed by atoms with E-state index in [1.165, 1.54) is 0 Å². The van der Waals surface area contributed by atoms with E-state index in [1.807, 2.05) is 31.3 Å². The van der Waals surface area contributed by atoms with Crippen LogP contribution in [0.3, 0.4) is 0 Å². The van der Waals surface area contributed by atoms with Crippen molar-refractivity contribution in [1.29, 1.82) is 0 Å². The molecular formula is C16H21N5O. The van der Waals surface area contributed by atoms with Gasteiger partial charge in [0.15, 0.2) is 0 Å². The van der Waals surface area contributed by atoms with Gasteiger partial charge in [-0.3, -0.25) is 4.98 Å². The summed E-state index contributed by atoms with van der Waals surface area (Å²) in [6.45, 7) is 3.83. The largest absolute Gasteiger partial charge is 0.481 e. The second kappa shape index (κ2) is 6.60. The molecule has 2 aromatic heterocycles. The molecule has 3 heterocycles. The summed E-state index contributed by atoms with van der Waals surface area (Å²) in [6, 6.07) is 6.31. The maximum atomic E-state index is 5.23. The highest BCUT2D eigenvalue weighted by Crippen LogP contribution is 2.21. The van der Waals surface area contributed by atoms with E-state index in [0.29, 0.717) is 11.9 Å². The van der Waals surface area contributed by atoms with E-state index in [2.05, 4.69) is 25.2 Å². The smallest absolute Gasteiger partial charge is 0.228 e. The van der Waals surface area contributed by atoms with Gasteiger partial charge in [-0.15, -0.1) is 0 Å². The first kappa shape index (κ1) is 14.6. The van der Waals surface area contributed by atoms with Gasteiger partial charge < -0.3 is 15.0 Å². The summed E-state index contributed by atoms with van der Waals surface area (Å²) in [5, 5.41) is 3.53. The number of piperidine rings is 1. The van der Waals surface area contributed by atoms with Crippen molar-refractivity contribution >= 4 is 11.6 Å². The molecule has 0 unspecified atom stereocenters. The quantitative estimate of drug-likeness (QED) is 0.934. The van der Waals surface area contributed by atoms with E-state index in [-0.39, 0.29) is 0 Å². The molecule has 0 bridgehead atoms. The number of hydrogen-bond acceptors (Lipinski definition) is 6. The van der Waals surface area contributed by atoms with Gasteiger partial charge in [-0.25, -0.2) is 4.98 Å². The Bertz CT molecular complexity index is 611. The number of aromatic nitrogens is 3. The van der Waals surface area contributed by atoms with Crippen molar-refractivity contribution in [3.63, 3.8) is 0 Å². The predicted octanol–water partition coefficient (Wildman–Crippen LogP) is 2.27. The summed E-state index contributed by atoms with van der Waals surface area (Å²) < 4.78 is 5.23.